The first kappa shape index (κ1) is 13.1. The number of carbonyl (C=O) groups is 1. The molecule has 1 heterocycles. The minimum atomic E-state index is -0.360. The Morgan fingerprint density at radius 1 is 1.61 bits per heavy atom. The minimum absolute atomic E-state index is 0.131. The van der Waals surface area contributed by atoms with Crippen LogP contribution in [0.1, 0.15) is 50.5 Å². The minimum Gasteiger partial charge on any atom is -0.388 e. The van der Waals surface area contributed by atoms with Crippen molar-refractivity contribution in [3.05, 3.63) is 23.5 Å². The number of primary amides is 1. The predicted octanol–water partition coefficient (Wildman–Crippen LogP) is 1.76. The predicted molar refractivity (Wildman–Crippen MR) is 69.9 cm³/mol. The summed E-state index contributed by atoms with van der Waals surface area (Å²) in [5, 5.41) is 10.1. The van der Waals surface area contributed by atoms with Gasteiger partial charge in [0.2, 0.25) is 5.91 Å². The van der Waals surface area contributed by atoms with E-state index in [9.17, 15) is 9.90 Å². The number of aliphatic hydroxyl groups is 1. The van der Waals surface area contributed by atoms with Crippen LogP contribution in [0.25, 0.3) is 0 Å². The highest BCUT2D eigenvalue weighted by molar-refractivity contribution is 5.73. The summed E-state index contributed by atoms with van der Waals surface area (Å²) in [5.74, 6) is -0.253. The van der Waals surface area contributed by atoms with E-state index in [1.807, 2.05) is 12.3 Å². The molecule has 0 aliphatic heterocycles. The van der Waals surface area contributed by atoms with E-state index in [2.05, 4.69) is 18.4 Å². The van der Waals surface area contributed by atoms with Gasteiger partial charge in [-0.2, -0.15) is 0 Å². The van der Waals surface area contributed by atoms with Crippen LogP contribution in [0, 0.1) is 5.41 Å². The molecule has 4 heteroatoms. The van der Waals surface area contributed by atoms with Gasteiger partial charge < -0.3 is 15.4 Å². The molecule has 0 fully saturated rings. The number of hydrogen-bond donors (Lipinski definition) is 2. The number of rotatable bonds is 4. The fourth-order valence-corrected chi connectivity index (χ4v) is 2.82. The summed E-state index contributed by atoms with van der Waals surface area (Å²) in [5.41, 5.74) is 7.54. The topological polar surface area (TPSA) is 68.2 Å². The molecule has 2 rings (SSSR count). The smallest absolute Gasteiger partial charge is 0.217 e. The second-order valence-electron chi connectivity index (χ2n) is 6.04. The molecule has 1 unspecified atom stereocenters. The van der Waals surface area contributed by atoms with Gasteiger partial charge in [-0.15, -0.1) is 0 Å². The number of aryl methyl sites for hydroxylation is 1. The van der Waals surface area contributed by atoms with Gasteiger partial charge >= 0.3 is 0 Å². The number of hydrogen-bond acceptors (Lipinski definition) is 2. The highest BCUT2D eigenvalue weighted by atomic mass is 16.3. The first-order valence-electron chi connectivity index (χ1n) is 6.53. The van der Waals surface area contributed by atoms with Crippen LogP contribution in [-0.4, -0.2) is 15.6 Å². The number of carbonyl (C=O) groups excluding carboxylic acids is 1. The highest BCUT2D eigenvalue weighted by Gasteiger charge is 2.32. The van der Waals surface area contributed by atoms with Crippen molar-refractivity contribution in [2.45, 2.75) is 52.2 Å². The van der Waals surface area contributed by atoms with Gasteiger partial charge in [-0.1, -0.05) is 13.8 Å². The molecule has 1 aliphatic carbocycles. The van der Waals surface area contributed by atoms with Gasteiger partial charge in [-0.3, -0.25) is 4.79 Å². The van der Waals surface area contributed by atoms with E-state index in [1.165, 1.54) is 5.69 Å². The van der Waals surface area contributed by atoms with Gasteiger partial charge in [-0.05, 0) is 30.7 Å². The van der Waals surface area contributed by atoms with E-state index in [0.29, 0.717) is 6.42 Å². The van der Waals surface area contributed by atoms with Crippen molar-refractivity contribution < 1.29 is 9.90 Å². The molecular weight excluding hydrogens is 228 g/mol. The summed E-state index contributed by atoms with van der Waals surface area (Å²) in [4.78, 5) is 10.7. The van der Waals surface area contributed by atoms with Crippen LogP contribution in [0.3, 0.4) is 0 Å². The molecule has 1 aliphatic rings. The molecule has 0 bridgehead atoms. The molecule has 4 nitrogen and oxygen atoms in total. The molecule has 0 spiro atoms. The second kappa shape index (κ2) is 4.76. The van der Waals surface area contributed by atoms with Gasteiger partial charge in [0.1, 0.15) is 0 Å². The quantitative estimate of drug-likeness (QED) is 0.855. The standard InChI is InChI=1S/C14H22N2O2/c1-14(2)8-11-10(12(17)9-14)5-7-16(11)6-3-4-13(15)18/h5,7,12,17H,3-4,6,8-9H2,1-2H3,(H2,15,18). The lowest BCUT2D eigenvalue weighted by Crippen LogP contribution is -2.26. The van der Waals surface area contributed by atoms with Crippen LogP contribution in [0.4, 0.5) is 0 Å². The second-order valence-corrected chi connectivity index (χ2v) is 6.04. The van der Waals surface area contributed by atoms with Crippen molar-refractivity contribution in [1.82, 2.24) is 4.57 Å². The fourth-order valence-electron chi connectivity index (χ4n) is 2.82. The third-order valence-electron chi connectivity index (χ3n) is 3.69. The summed E-state index contributed by atoms with van der Waals surface area (Å²) < 4.78 is 2.16. The normalized spacial score (nSPS) is 21.6. The molecule has 18 heavy (non-hydrogen) atoms. The lowest BCUT2D eigenvalue weighted by Gasteiger charge is -2.34. The van der Waals surface area contributed by atoms with E-state index in [0.717, 1.165) is 31.4 Å². The maximum Gasteiger partial charge on any atom is 0.217 e. The van der Waals surface area contributed by atoms with Crippen molar-refractivity contribution in [3.8, 4) is 0 Å². The largest absolute Gasteiger partial charge is 0.388 e. The zero-order valence-electron chi connectivity index (χ0n) is 11.1. The van der Waals surface area contributed by atoms with Crippen molar-refractivity contribution in [3.63, 3.8) is 0 Å². The molecule has 0 saturated carbocycles. The summed E-state index contributed by atoms with van der Waals surface area (Å²) in [6.45, 7) is 5.15. The molecule has 0 radical (unpaired) electrons. The van der Waals surface area contributed by atoms with Gasteiger partial charge in [-0.25, -0.2) is 0 Å². The van der Waals surface area contributed by atoms with E-state index < -0.39 is 0 Å². The van der Waals surface area contributed by atoms with Crippen LogP contribution in [-0.2, 0) is 17.8 Å². The zero-order valence-corrected chi connectivity index (χ0v) is 11.1. The molecule has 1 aromatic heterocycles. The number of nitrogens with zero attached hydrogens (tertiary/aromatic N) is 1. The Hall–Kier alpha value is -1.29. The first-order valence-corrected chi connectivity index (χ1v) is 6.53. The van der Waals surface area contributed by atoms with E-state index in [1.54, 1.807) is 0 Å². The zero-order chi connectivity index (χ0) is 13.3. The fraction of sp³-hybridized carbons (Fsp3) is 0.643. The molecular formula is C14H22N2O2. The third kappa shape index (κ3) is 2.75. The molecule has 1 atom stereocenters. The Morgan fingerprint density at radius 3 is 3.00 bits per heavy atom. The number of nitrogens with two attached hydrogens (primary N) is 1. The van der Waals surface area contributed by atoms with Crippen LogP contribution in [0.5, 0.6) is 0 Å². The summed E-state index contributed by atoms with van der Waals surface area (Å²) >= 11 is 0. The lowest BCUT2D eigenvalue weighted by atomic mass is 9.75. The molecule has 1 amide bonds. The van der Waals surface area contributed by atoms with Crippen LogP contribution < -0.4 is 5.73 Å². The maximum atomic E-state index is 10.7. The van der Waals surface area contributed by atoms with Crippen LogP contribution >= 0.6 is 0 Å². The summed E-state index contributed by atoms with van der Waals surface area (Å²) in [6.07, 6.45) is 4.61. The third-order valence-corrected chi connectivity index (χ3v) is 3.69. The molecule has 3 N–H and O–H groups in total. The lowest BCUT2D eigenvalue weighted by molar-refractivity contribution is -0.118. The van der Waals surface area contributed by atoms with Crippen molar-refractivity contribution in [1.29, 1.82) is 0 Å². The average Bonchev–Trinajstić information content (AvgIpc) is 2.59. The summed E-state index contributed by atoms with van der Waals surface area (Å²) in [6, 6.07) is 2.00. The number of amides is 1. The van der Waals surface area contributed by atoms with Crippen molar-refractivity contribution >= 4 is 5.91 Å². The van der Waals surface area contributed by atoms with E-state index in [-0.39, 0.29) is 17.4 Å². The SMILES string of the molecule is CC1(C)Cc2c(ccn2CCCC(N)=O)C(O)C1. The average molecular weight is 250 g/mol. The van der Waals surface area contributed by atoms with Gasteiger partial charge in [0.25, 0.3) is 0 Å². The number of aliphatic hydroxyl groups excluding tert-OH is 1. The summed E-state index contributed by atoms with van der Waals surface area (Å²) in [7, 11) is 0. The monoisotopic (exact) mass is 250 g/mol. The molecule has 100 valence electrons. The Kier molecular flexibility index (Phi) is 3.48. The number of aromatic nitrogens is 1. The van der Waals surface area contributed by atoms with E-state index >= 15 is 0 Å². The van der Waals surface area contributed by atoms with Gasteiger partial charge in [0.15, 0.2) is 0 Å². The van der Waals surface area contributed by atoms with Gasteiger partial charge in [0, 0.05) is 30.4 Å². The van der Waals surface area contributed by atoms with Crippen LogP contribution in [0.15, 0.2) is 12.3 Å². The Bertz CT molecular complexity index is 449. The van der Waals surface area contributed by atoms with Crippen molar-refractivity contribution in [2.24, 2.45) is 11.1 Å². The van der Waals surface area contributed by atoms with E-state index in [4.69, 9.17) is 5.73 Å². The van der Waals surface area contributed by atoms with Crippen LogP contribution in [0.2, 0.25) is 0 Å². The van der Waals surface area contributed by atoms with Gasteiger partial charge in [0.05, 0.1) is 6.10 Å². The number of fused-ring (bicyclic) bond motifs is 1. The maximum absolute atomic E-state index is 10.7. The molecule has 0 aromatic carbocycles. The van der Waals surface area contributed by atoms with Crippen molar-refractivity contribution in [2.75, 3.05) is 0 Å². The molecule has 1 aromatic rings. The first-order chi connectivity index (χ1) is 8.39. The Morgan fingerprint density at radius 2 is 2.33 bits per heavy atom. The highest BCUT2D eigenvalue weighted by Crippen LogP contribution is 2.41. The Balaban J connectivity index is 2.12. The Labute approximate surface area is 108 Å². The molecule has 0 saturated heterocycles.